The molecule has 21 heavy (non-hydrogen) atoms. The van der Waals surface area contributed by atoms with Gasteiger partial charge in [-0.15, -0.1) is 0 Å². The lowest BCUT2D eigenvalue weighted by atomic mass is 9.97. The van der Waals surface area contributed by atoms with Crippen LogP contribution in [0.4, 0.5) is 4.39 Å². The molecule has 3 heteroatoms. The Morgan fingerprint density at radius 1 is 1.14 bits per heavy atom. The van der Waals surface area contributed by atoms with E-state index in [1.54, 1.807) is 0 Å². The van der Waals surface area contributed by atoms with Crippen molar-refractivity contribution in [2.75, 3.05) is 32.9 Å². The second-order valence-corrected chi connectivity index (χ2v) is 6.05. The molecule has 0 N–H and O–H groups in total. The summed E-state index contributed by atoms with van der Waals surface area (Å²) < 4.78 is 17.6. The second-order valence-electron chi connectivity index (χ2n) is 6.05. The van der Waals surface area contributed by atoms with Crippen molar-refractivity contribution < 1.29 is 9.13 Å². The molecule has 1 saturated heterocycles. The van der Waals surface area contributed by atoms with Gasteiger partial charge in [0, 0.05) is 0 Å². The molecule has 1 aromatic rings. The van der Waals surface area contributed by atoms with E-state index in [4.69, 9.17) is 4.74 Å². The van der Waals surface area contributed by atoms with Crippen LogP contribution in [-0.2, 0) is 0 Å². The summed E-state index contributed by atoms with van der Waals surface area (Å²) >= 11 is 0. The largest absolute Gasteiger partial charge is 0.494 e. The average Bonchev–Trinajstić information content (AvgIpc) is 3.03. The first-order valence-electron chi connectivity index (χ1n) is 8.30. The summed E-state index contributed by atoms with van der Waals surface area (Å²) in [4.78, 5) is 2.57. The quantitative estimate of drug-likeness (QED) is 0.626. The normalized spacial score (nSPS) is 17.0. The Bertz CT molecular complexity index is 387. The Morgan fingerprint density at radius 3 is 2.52 bits per heavy atom. The number of unbranched alkanes of at least 4 members (excludes halogenated alkanes) is 1. The number of nitrogens with zero attached hydrogens (tertiary/aromatic N) is 1. The van der Waals surface area contributed by atoms with Crippen LogP contribution in [0.1, 0.15) is 50.5 Å². The molecule has 0 spiro atoms. The van der Waals surface area contributed by atoms with Crippen LogP contribution in [0.25, 0.3) is 0 Å². The molecule has 0 bridgehead atoms. The first-order valence-corrected chi connectivity index (χ1v) is 8.30. The molecule has 1 aliphatic rings. The molecule has 118 valence electrons. The standard InChI is InChI=1S/C18H28FNO/c1-16(10-14-20-12-3-4-13-20)17-6-8-18(9-7-17)21-15-5-2-11-19/h6-9,16H,2-5,10-15H2,1H3. The van der Waals surface area contributed by atoms with Gasteiger partial charge in [-0.1, -0.05) is 19.1 Å². The van der Waals surface area contributed by atoms with Gasteiger partial charge in [0.2, 0.25) is 0 Å². The molecule has 2 rings (SSSR count). The molecule has 1 unspecified atom stereocenters. The number of benzene rings is 1. The molecule has 1 heterocycles. The van der Waals surface area contributed by atoms with Crippen molar-refractivity contribution >= 4 is 0 Å². The molecular formula is C18H28FNO. The molecule has 0 aliphatic carbocycles. The highest BCUT2D eigenvalue weighted by atomic mass is 19.1. The van der Waals surface area contributed by atoms with E-state index in [1.165, 1.54) is 44.5 Å². The lowest BCUT2D eigenvalue weighted by molar-refractivity contribution is 0.297. The summed E-state index contributed by atoms with van der Waals surface area (Å²) in [5.74, 6) is 1.48. The van der Waals surface area contributed by atoms with Crippen molar-refractivity contribution in [1.29, 1.82) is 0 Å². The number of ether oxygens (including phenoxy) is 1. The fourth-order valence-corrected chi connectivity index (χ4v) is 2.83. The number of rotatable bonds is 9. The Balaban J connectivity index is 1.72. The van der Waals surface area contributed by atoms with Gasteiger partial charge in [-0.3, -0.25) is 4.39 Å². The molecule has 0 saturated carbocycles. The van der Waals surface area contributed by atoms with Crippen LogP contribution in [0.3, 0.4) is 0 Å². The molecule has 2 nitrogen and oxygen atoms in total. The fraction of sp³-hybridized carbons (Fsp3) is 0.667. The lowest BCUT2D eigenvalue weighted by Gasteiger charge is -2.18. The van der Waals surface area contributed by atoms with Gasteiger partial charge >= 0.3 is 0 Å². The number of alkyl halides is 1. The first-order chi connectivity index (χ1) is 10.3. The third-order valence-electron chi connectivity index (χ3n) is 4.32. The van der Waals surface area contributed by atoms with Crippen LogP contribution in [0.15, 0.2) is 24.3 Å². The minimum atomic E-state index is -0.253. The van der Waals surface area contributed by atoms with Crippen molar-refractivity contribution in [2.24, 2.45) is 0 Å². The zero-order chi connectivity index (χ0) is 14.9. The summed E-state index contributed by atoms with van der Waals surface area (Å²) in [6.07, 6.45) is 5.32. The third-order valence-corrected chi connectivity index (χ3v) is 4.32. The Hall–Kier alpha value is -1.09. The van der Waals surface area contributed by atoms with Crippen molar-refractivity contribution in [3.8, 4) is 5.75 Å². The monoisotopic (exact) mass is 293 g/mol. The Morgan fingerprint density at radius 2 is 1.86 bits per heavy atom. The number of hydrogen-bond donors (Lipinski definition) is 0. The van der Waals surface area contributed by atoms with Gasteiger partial charge in [-0.25, -0.2) is 0 Å². The van der Waals surface area contributed by atoms with E-state index >= 15 is 0 Å². The summed E-state index contributed by atoms with van der Waals surface area (Å²) in [6.45, 7) is 6.41. The maximum absolute atomic E-state index is 12.0. The van der Waals surface area contributed by atoms with Crippen LogP contribution in [0.5, 0.6) is 5.75 Å². The Labute approximate surface area is 128 Å². The number of hydrogen-bond acceptors (Lipinski definition) is 2. The van der Waals surface area contributed by atoms with E-state index in [0.717, 1.165) is 12.2 Å². The number of halogens is 1. The fourth-order valence-electron chi connectivity index (χ4n) is 2.83. The third kappa shape index (κ3) is 5.66. The molecule has 0 amide bonds. The van der Waals surface area contributed by atoms with Gasteiger partial charge in [0.25, 0.3) is 0 Å². The van der Waals surface area contributed by atoms with Crippen LogP contribution in [0, 0.1) is 0 Å². The van der Waals surface area contributed by atoms with Crippen LogP contribution >= 0.6 is 0 Å². The summed E-state index contributed by atoms with van der Waals surface area (Å²) in [6, 6.07) is 8.41. The van der Waals surface area contributed by atoms with Crippen LogP contribution in [0.2, 0.25) is 0 Å². The van der Waals surface area contributed by atoms with Gasteiger partial charge in [0.1, 0.15) is 5.75 Å². The van der Waals surface area contributed by atoms with Gasteiger partial charge in [-0.05, 0) is 75.4 Å². The zero-order valence-electron chi connectivity index (χ0n) is 13.2. The van der Waals surface area contributed by atoms with Crippen molar-refractivity contribution in [3.05, 3.63) is 29.8 Å². The minimum Gasteiger partial charge on any atom is -0.494 e. The van der Waals surface area contributed by atoms with Gasteiger partial charge in [0.15, 0.2) is 0 Å². The summed E-state index contributed by atoms with van der Waals surface area (Å²) in [5.41, 5.74) is 1.38. The maximum atomic E-state index is 12.0. The molecular weight excluding hydrogens is 265 g/mol. The smallest absolute Gasteiger partial charge is 0.119 e. The van der Waals surface area contributed by atoms with Gasteiger partial charge in [0.05, 0.1) is 13.3 Å². The molecule has 1 aliphatic heterocycles. The highest BCUT2D eigenvalue weighted by molar-refractivity contribution is 5.29. The minimum absolute atomic E-state index is 0.253. The topological polar surface area (TPSA) is 12.5 Å². The maximum Gasteiger partial charge on any atom is 0.119 e. The summed E-state index contributed by atoms with van der Waals surface area (Å²) in [7, 11) is 0. The predicted molar refractivity (Wildman–Crippen MR) is 85.9 cm³/mol. The SMILES string of the molecule is CC(CCN1CCCC1)c1ccc(OCCCCF)cc1. The van der Waals surface area contributed by atoms with E-state index in [9.17, 15) is 4.39 Å². The van der Waals surface area contributed by atoms with Crippen molar-refractivity contribution in [3.63, 3.8) is 0 Å². The zero-order valence-corrected chi connectivity index (χ0v) is 13.2. The van der Waals surface area contributed by atoms with Crippen molar-refractivity contribution in [1.82, 2.24) is 4.90 Å². The highest BCUT2D eigenvalue weighted by Gasteiger charge is 2.13. The van der Waals surface area contributed by atoms with Gasteiger partial charge < -0.3 is 9.64 Å². The first kappa shape index (κ1) is 16.3. The van der Waals surface area contributed by atoms with E-state index < -0.39 is 0 Å². The molecule has 1 fully saturated rings. The second kappa shape index (κ2) is 9.04. The predicted octanol–water partition coefficient (Wildman–Crippen LogP) is 4.40. The van der Waals surface area contributed by atoms with E-state index in [2.05, 4.69) is 24.0 Å². The molecule has 0 radical (unpaired) electrons. The molecule has 1 atom stereocenters. The average molecular weight is 293 g/mol. The van der Waals surface area contributed by atoms with E-state index in [-0.39, 0.29) is 6.67 Å². The van der Waals surface area contributed by atoms with Gasteiger partial charge in [-0.2, -0.15) is 0 Å². The van der Waals surface area contributed by atoms with E-state index in [0.29, 0.717) is 18.9 Å². The molecule has 1 aromatic carbocycles. The summed E-state index contributed by atoms with van der Waals surface area (Å²) in [5, 5.41) is 0. The van der Waals surface area contributed by atoms with Crippen LogP contribution < -0.4 is 4.74 Å². The van der Waals surface area contributed by atoms with Crippen LogP contribution in [-0.4, -0.2) is 37.8 Å². The van der Waals surface area contributed by atoms with E-state index in [1.807, 2.05) is 12.1 Å². The Kier molecular flexibility index (Phi) is 7.01. The number of likely N-dealkylation sites (tertiary alicyclic amines) is 1. The van der Waals surface area contributed by atoms with Crippen molar-refractivity contribution in [2.45, 2.75) is 44.9 Å². The highest BCUT2D eigenvalue weighted by Crippen LogP contribution is 2.23. The lowest BCUT2D eigenvalue weighted by Crippen LogP contribution is -2.21. The molecule has 0 aromatic heterocycles.